The van der Waals surface area contributed by atoms with Crippen molar-refractivity contribution in [3.05, 3.63) is 60.1 Å². The molecule has 1 heterocycles. The molecule has 0 fully saturated rings. The van der Waals surface area contributed by atoms with Crippen LogP contribution in [0.2, 0.25) is 0 Å². The Labute approximate surface area is 148 Å². The molecule has 0 spiro atoms. The monoisotopic (exact) mass is 365 g/mol. The van der Waals surface area contributed by atoms with E-state index in [9.17, 15) is 18.4 Å². The molecule has 0 aliphatic carbocycles. The van der Waals surface area contributed by atoms with Crippen molar-refractivity contribution in [1.82, 2.24) is 5.32 Å². The number of ether oxygens (including phenoxy) is 2. The van der Waals surface area contributed by atoms with Crippen molar-refractivity contribution in [1.29, 1.82) is 0 Å². The van der Waals surface area contributed by atoms with Gasteiger partial charge in [0.2, 0.25) is 0 Å². The summed E-state index contributed by atoms with van der Waals surface area (Å²) in [7, 11) is 0. The molecule has 0 aliphatic heterocycles. The smallest absolute Gasteiger partial charge is 0.387 e. The van der Waals surface area contributed by atoms with Crippen LogP contribution in [0.5, 0.6) is 5.75 Å². The predicted octanol–water partition coefficient (Wildman–Crippen LogP) is 3.31. The van der Waals surface area contributed by atoms with Crippen molar-refractivity contribution in [2.24, 2.45) is 0 Å². The molecule has 1 aromatic heterocycles. The Morgan fingerprint density at radius 3 is 2.58 bits per heavy atom. The van der Waals surface area contributed by atoms with Crippen LogP contribution >= 0.6 is 0 Å². The van der Waals surface area contributed by atoms with E-state index >= 15 is 0 Å². The number of carbonyl (C=O) groups excluding carboxylic acids is 2. The number of benzene rings is 1. The minimum absolute atomic E-state index is 0.0158. The van der Waals surface area contributed by atoms with E-state index in [-0.39, 0.29) is 11.8 Å². The van der Waals surface area contributed by atoms with Gasteiger partial charge < -0.3 is 19.2 Å². The number of alkyl halides is 2. The minimum atomic E-state index is -2.90. The first-order chi connectivity index (χ1) is 12.4. The van der Waals surface area contributed by atoms with E-state index in [2.05, 4.69) is 10.1 Å². The Hall–Kier alpha value is -3.16. The Balaban J connectivity index is 1.75. The highest BCUT2D eigenvalue weighted by atomic mass is 19.3. The van der Waals surface area contributed by atoms with Crippen molar-refractivity contribution in [3.63, 3.8) is 0 Å². The SMILES string of the molecule is C[C@H](NC(=O)COC(=O)/C=C/c1ccc(OC(F)F)cc1)c1ccco1. The second kappa shape index (κ2) is 9.36. The van der Waals surface area contributed by atoms with E-state index < -0.39 is 25.1 Å². The summed E-state index contributed by atoms with van der Waals surface area (Å²) < 4.78 is 38.3. The van der Waals surface area contributed by atoms with Crippen LogP contribution in [0.3, 0.4) is 0 Å². The van der Waals surface area contributed by atoms with Gasteiger partial charge in [-0.15, -0.1) is 0 Å². The average Bonchev–Trinajstić information content (AvgIpc) is 3.13. The summed E-state index contributed by atoms with van der Waals surface area (Å²) in [5.41, 5.74) is 0.583. The van der Waals surface area contributed by atoms with E-state index in [0.29, 0.717) is 11.3 Å². The fourth-order valence-corrected chi connectivity index (χ4v) is 2.00. The van der Waals surface area contributed by atoms with Crippen molar-refractivity contribution in [3.8, 4) is 5.75 Å². The van der Waals surface area contributed by atoms with E-state index in [1.54, 1.807) is 19.1 Å². The Kier molecular flexibility index (Phi) is 6.90. The lowest BCUT2D eigenvalue weighted by molar-refractivity contribution is -0.144. The van der Waals surface area contributed by atoms with Gasteiger partial charge in [0.1, 0.15) is 11.5 Å². The number of rotatable bonds is 8. The zero-order valence-corrected chi connectivity index (χ0v) is 13.9. The highest BCUT2D eigenvalue weighted by Gasteiger charge is 2.12. The largest absolute Gasteiger partial charge is 0.467 e. The summed E-state index contributed by atoms with van der Waals surface area (Å²) in [4.78, 5) is 23.3. The maximum absolute atomic E-state index is 12.0. The molecule has 0 radical (unpaired) electrons. The quantitative estimate of drug-likeness (QED) is 0.574. The molecular formula is C18H17F2NO5. The summed E-state index contributed by atoms with van der Waals surface area (Å²) in [6.07, 6.45) is 4.05. The second-order valence-corrected chi connectivity index (χ2v) is 5.19. The number of carbonyl (C=O) groups is 2. The number of esters is 1. The van der Waals surface area contributed by atoms with Crippen LogP contribution in [0.4, 0.5) is 8.78 Å². The van der Waals surface area contributed by atoms with Gasteiger partial charge in [0.15, 0.2) is 6.61 Å². The van der Waals surface area contributed by atoms with E-state index in [4.69, 9.17) is 9.15 Å². The summed E-state index contributed by atoms with van der Waals surface area (Å²) >= 11 is 0. The highest BCUT2D eigenvalue weighted by Crippen LogP contribution is 2.15. The molecule has 138 valence electrons. The van der Waals surface area contributed by atoms with Crippen LogP contribution < -0.4 is 10.1 Å². The summed E-state index contributed by atoms with van der Waals surface area (Å²) in [6.45, 7) is -1.59. The van der Waals surface area contributed by atoms with Crippen molar-refractivity contribution < 1.29 is 32.3 Å². The first-order valence-electron chi connectivity index (χ1n) is 7.66. The van der Waals surface area contributed by atoms with Crippen LogP contribution in [0, 0.1) is 0 Å². The Morgan fingerprint density at radius 1 is 1.23 bits per heavy atom. The molecule has 0 unspecified atom stereocenters. The number of nitrogens with one attached hydrogen (secondary N) is 1. The fraction of sp³-hybridized carbons (Fsp3) is 0.222. The van der Waals surface area contributed by atoms with Crippen LogP contribution in [0.15, 0.2) is 53.2 Å². The third-order valence-electron chi connectivity index (χ3n) is 3.21. The number of hydrogen-bond acceptors (Lipinski definition) is 5. The second-order valence-electron chi connectivity index (χ2n) is 5.19. The molecule has 26 heavy (non-hydrogen) atoms. The molecular weight excluding hydrogens is 348 g/mol. The lowest BCUT2D eigenvalue weighted by Gasteiger charge is -2.11. The molecule has 1 aromatic carbocycles. The molecule has 2 aromatic rings. The zero-order chi connectivity index (χ0) is 18.9. The summed E-state index contributed by atoms with van der Waals surface area (Å²) in [5, 5.41) is 2.62. The topological polar surface area (TPSA) is 77.8 Å². The molecule has 1 atom stereocenters. The number of hydrogen-bond donors (Lipinski definition) is 1. The molecule has 1 N–H and O–H groups in total. The third kappa shape index (κ3) is 6.39. The van der Waals surface area contributed by atoms with Gasteiger partial charge in [0.05, 0.1) is 12.3 Å². The van der Waals surface area contributed by atoms with Gasteiger partial charge in [-0.3, -0.25) is 4.79 Å². The molecule has 0 aliphatic rings. The van der Waals surface area contributed by atoms with Gasteiger partial charge in [-0.2, -0.15) is 8.78 Å². The van der Waals surface area contributed by atoms with Crippen molar-refractivity contribution in [2.45, 2.75) is 19.6 Å². The van der Waals surface area contributed by atoms with Crippen molar-refractivity contribution >= 4 is 18.0 Å². The van der Waals surface area contributed by atoms with Gasteiger partial charge in [-0.05, 0) is 42.8 Å². The standard InChI is InChI=1S/C18H17F2NO5/c1-12(15-3-2-10-24-15)21-16(22)11-25-17(23)9-6-13-4-7-14(8-5-13)26-18(19)20/h2-10,12,18H,11H2,1H3,(H,21,22)/b9-6+/t12-/m0/s1. The number of halogens is 2. The molecule has 6 nitrogen and oxygen atoms in total. The maximum atomic E-state index is 12.0. The molecule has 0 saturated heterocycles. The summed E-state index contributed by atoms with van der Waals surface area (Å²) in [5.74, 6) is -0.575. The van der Waals surface area contributed by atoms with Gasteiger partial charge in [-0.1, -0.05) is 12.1 Å². The maximum Gasteiger partial charge on any atom is 0.387 e. The number of furan rings is 1. The first-order valence-corrected chi connectivity index (χ1v) is 7.66. The molecule has 1 amide bonds. The first kappa shape index (κ1) is 19.2. The van der Waals surface area contributed by atoms with Crippen LogP contribution in [0.1, 0.15) is 24.3 Å². The van der Waals surface area contributed by atoms with Gasteiger partial charge in [0.25, 0.3) is 5.91 Å². The normalized spacial score (nSPS) is 12.2. The van der Waals surface area contributed by atoms with Crippen LogP contribution in [-0.4, -0.2) is 25.1 Å². The lowest BCUT2D eigenvalue weighted by atomic mass is 10.2. The molecule has 0 saturated carbocycles. The Morgan fingerprint density at radius 2 is 1.96 bits per heavy atom. The fourth-order valence-electron chi connectivity index (χ4n) is 2.00. The molecule has 0 bridgehead atoms. The molecule has 2 rings (SSSR count). The van der Waals surface area contributed by atoms with E-state index in [1.165, 1.54) is 36.6 Å². The van der Waals surface area contributed by atoms with Crippen LogP contribution in [-0.2, 0) is 14.3 Å². The highest BCUT2D eigenvalue weighted by molar-refractivity contribution is 5.89. The zero-order valence-electron chi connectivity index (χ0n) is 13.9. The minimum Gasteiger partial charge on any atom is -0.467 e. The van der Waals surface area contributed by atoms with E-state index in [1.807, 2.05) is 0 Å². The van der Waals surface area contributed by atoms with Crippen molar-refractivity contribution in [2.75, 3.05) is 6.61 Å². The Bertz CT molecular complexity index is 741. The predicted molar refractivity (Wildman–Crippen MR) is 88.3 cm³/mol. The average molecular weight is 365 g/mol. The van der Waals surface area contributed by atoms with Gasteiger partial charge >= 0.3 is 12.6 Å². The van der Waals surface area contributed by atoms with Gasteiger partial charge in [-0.25, -0.2) is 4.79 Å². The lowest BCUT2D eigenvalue weighted by Crippen LogP contribution is -2.30. The van der Waals surface area contributed by atoms with Gasteiger partial charge in [0, 0.05) is 6.08 Å². The summed E-state index contributed by atoms with van der Waals surface area (Å²) in [6, 6.07) is 8.77. The number of amides is 1. The van der Waals surface area contributed by atoms with Crippen LogP contribution in [0.25, 0.3) is 6.08 Å². The molecule has 8 heteroatoms. The third-order valence-corrected chi connectivity index (χ3v) is 3.21. The van der Waals surface area contributed by atoms with E-state index in [0.717, 1.165) is 6.08 Å².